The molecule has 4 aromatic heterocycles. The van der Waals surface area contributed by atoms with Crippen molar-refractivity contribution >= 4 is 28.3 Å². The fraction of sp³-hybridized carbons (Fsp3) is 0.160. The summed E-state index contributed by atoms with van der Waals surface area (Å²) >= 11 is 0. The van der Waals surface area contributed by atoms with Crippen molar-refractivity contribution in [1.29, 1.82) is 0 Å². The average molecular weight is 438 g/mol. The second-order valence-electron chi connectivity index (χ2n) is 8.01. The van der Waals surface area contributed by atoms with Gasteiger partial charge in [-0.25, -0.2) is 19.9 Å². The van der Waals surface area contributed by atoms with Crippen molar-refractivity contribution < 1.29 is 4.79 Å². The molecule has 1 atom stereocenters. The highest BCUT2D eigenvalue weighted by atomic mass is 16.2. The summed E-state index contributed by atoms with van der Waals surface area (Å²) in [6.07, 6.45) is 7.24. The van der Waals surface area contributed by atoms with Crippen molar-refractivity contribution in [3.05, 3.63) is 96.0 Å². The quantitative estimate of drug-likeness (QED) is 0.446. The molecule has 2 N–H and O–H groups in total. The highest BCUT2D eigenvalue weighted by Crippen LogP contribution is 2.25. The third-order valence-corrected chi connectivity index (χ3v) is 5.73. The van der Waals surface area contributed by atoms with Crippen LogP contribution in [0.25, 0.3) is 16.6 Å². The van der Waals surface area contributed by atoms with Crippen LogP contribution < -0.4 is 5.73 Å². The molecule has 4 heterocycles. The molecule has 0 aliphatic heterocycles. The van der Waals surface area contributed by atoms with E-state index in [1.165, 1.54) is 0 Å². The normalized spacial score (nSPS) is 12.2. The number of rotatable bonds is 5. The van der Waals surface area contributed by atoms with Crippen LogP contribution in [0.2, 0.25) is 0 Å². The number of benzene rings is 1. The highest BCUT2D eigenvalue weighted by molar-refractivity contribution is 5.98. The molecule has 1 unspecified atom stereocenters. The molecule has 1 aromatic carbocycles. The maximum absolute atomic E-state index is 13.8. The number of amides is 1. The van der Waals surface area contributed by atoms with Gasteiger partial charge in [0.05, 0.1) is 23.8 Å². The molecule has 0 spiro atoms. The first-order chi connectivity index (χ1) is 16.0. The number of aromatic nitrogens is 5. The second kappa shape index (κ2) is 8.31. The van der Waals surface area contributed by atoms with Crippen LogP contribution in [0.4, 0.5) is 5.82 Å². The number of imidazole rings is 1. The summed E-state index contributed by atoms with van der Waals surface area (Å²) in [6.45, 7) is 4.15. The van der Waals surface area contributed by atoms with Gasteiger partial charge in [-0.2, -0.15) is 0 Å². The van der Waals surface area contributed by atoms with Crippen LogP contribution in [0.3, 0.4) is 0 Å². The van der Waals surface area contributed by atoms with E-state index < -0.39 is 0 Å². The van der Waals surface area contributed by atoms with Gasteiger partial charge in [0.2, 0.25) is 0 Å². The molecule has 0 aliphatic carbocycles. The molecule has 5 aromatic rings. The minimum absolute atomic E-state index is 0.136. The summed E-state index contributed by atoms with van der Waals surface area (Å²) in [5, 5.41) is 0.865. The van der Waals surface area contributed by atoms with Crippen molar-refractivity contribution in [2.24, 2.45) is 0 Å². The van der Waals surface area contributed by atoms with E-state index in [2.05, 4.69) is 19.9 Å². The summed E-state index contributed by atoms with van der Waals surface area (Å²) in [5.74, 6) is 0.925. The molecule has 0 bridgehead atoms. The maximum atomic E-state index is 13.8. The number of nitrogen functional groups attached to an aromatic ring is 1. The Bertz CT molecular complexity index is 1430. The predicted molar refractivity (Wildman–Crippen MR) is 126 cm³/mol. The van der Waals surface area contributed by atoms with Crippen LogP contribution in [0.15, 0.2) is 73.3 Å². The number of carbonyl (C=O) groups is 1. The summed E-state index contributed by atoms with van der Waals surface area (Å²) in [7, 11) is 0. The van der Waals surface area contributed by atoms with E-state index >= 15 is 0 Å². The van der Waals surface area contributed by atoms with Crippen molar-refractivity contribution in [3.63, 3.8) is 0 Å². The van der Waals surface area contributed by atoms with Gasteiger partial charge in [0.1, 0.15) is 17.3 Å². The second-order valence-corrected chi connectivity index (χ2v) is 8.01. The third kappa shape index (κ3) is 3.98. The number of nitrogens with two attached hydrogens (primary N) is 1. The predicted octanol–water partition coefficient (Wildman–Crippen LogP) is 3.97. The molecule has 8 heteroatoms. The van der Waals surface area contributed by atoms with Gasteiger partial charge in [-0.05, 0) is 61.9 Å². The van der Waals surface area contributed by atoms with Crippen LogP contribution in [-0.4, -0.2) is 35.1 Å². The smallest absolute Gasteiger partial charge is 0.254 e. The monoisotopic (exact) mass is 437 g/mol. The number of anilines is 1. The van der Waals surface area contributed by atoms with E-state index in [1.807, 2.05) is 67.0 Å². The Morgan fingerprint density at radius 1 is 1.09 bits per heavy atom. The Balaban J connectivity index is 1.54. The molecule has 0 saturated carbocycles. The number of fused-ring (bicyclic) bond motifs is 2. The summed E-state index contributed by atoms with van der Waals surface area (Å²) in [4.78, 5) is 33.4. The number of hydrogen-bond donors (Lipinski definition) is 1. The first-order valence-electron chi connectivity index (χ1n) is 10.7. The third-order valence-electron chi connectivity index (χ3n) is 5.73. The van der Waals surface area contributed by atoms with Crippen molar-refractivity contribution in [2.75, 3.05) is 5.73 Å². The van der Waals surface area contributed by atoms with Crippen LogP contribution in [-0.2, 0) is 6.54 Å². The SMILES string of the molecule is Cc1cc2cc(C(=O)N(Cc3cn4ccccc4n3)C(C)c3ncccn3)ccc2nc1N. The zero-order valence-electron chi connectivity index (χ0n) is 18.4. The maximum Gasteiger partial charge on any atom is 0.254 e. The molecule has 0 aliphatic rings. The van der Waals surface area contributed by atoms with E-state index in [-0.39, 0.29) is 11.9 Å². The highest BCUT2D eigenvalue weighted by Gasteiger charge is 2.26. The Labute approximate surface area is 190 Å². The van der Waals surface area contributed by atoms with Crippen LogP contribution >= 0.6 is 0 Å². The molecular formula is C25H23N7O. The van der Waals surface area contributed by atoms with Gasteiger partial charge in [-0.1, -0.05) is 6.07 Å². The van der Waals surface area contributed by atoms with E-state index in [1.54, 1.807) is 29.4 Å². The summed E-state index contributed by atoms with van der Waals surface area (Å²) in [5.41, 5.74) is 9.73. The lowest BCUT2D eigenvalue weighted by molar-refractivity contribution is 0.0664. The Morgan fingerprint density at radius 3 is 2.70 bits per heavy atom. The number of hydrogen-bond acceptors (Lipinski definition) is 6. The zero-order chi connectivity index (χ0) is 22.9. The number of nitrogens with zero attached hydrogens (tertiary/aromatic N) is 6. The van der Waals surface area contributed by atoms with Gasteiger partial charge in [0.15, 0.2) is 0 Å². The molecular weight excluding hydrogens is 414 g/mol. The van der Waals surface area contributed by atoms with Crippen LogP contribution in [0, 0.1) is 6.92 Å². The van der Waals surface area contributed by atoms with Gasteiger partial charge in [-0.3, -0.25) is 4.79 Å². The average Bonchev–Trinajstić information content (AvgIpc) is 3.25. The van der Waals surface area contributed by atoms with Crippen molar-refractivity contribution in [2.45, 2.75) is 26.4 Å². The molecule has 33 heavy (non-hydrogen) atoms. The Morgan fingerprint density at radius 2 is 1.91 bits per heavy atom. The van der Waals surface area contributed by atoms with Gasteiger partial charge in [-0.15, -0.1) is 0 Å². The van der Waals surface area contributed by atoms with Crippen molar-refractivity contribution in [3.8, 4) is 0 Å². The first-order valence-corrected chi connectivity index (χ1v) is 10.7. The van der Waals surface area contributed by atoms with E-state index in [0.29, 0.717) is 23.8 Å². The molecule has 1 amide bonds. The van der Waals surface area contributed by atoms with Crippen molar-refractivity contribution in [1.82, 2.24) is 29.2 Å². The zero-order valence-corrected chi connectivity index (χ0v) is 18.4. The summed E-state index contributed by atoms with van der Waals surface area (Å²) < 4.78 is 1.94. The van der Waals surface area contributed by atoms with Gasteiger partial charge < -0.3 is 15.0 Å². The molecule has 0 fully saturated rings. The minimum atomic E-state index is -0.356. The lowest BCUT2D eigenvalue weighted by Gasteiger charge is -2.28. The summed E-state index contributed by atoms with van der Waals surface area (Å²) in [6, 6.07) is 14.6. The molecule has 8 nitrogen and oxygen atoms in total. The molecule has 5 rings (SSSR count). The van der Waals surface area contributed by atoms with Crippen LogP contribution in [0.1, 0.15) is 40.4 Å². The number of aryl methyl sites for hydroxylation is 1. The standard InChI is InChI=1S/C25H23N7O/c1-16-12-19-13-18(7-8-21(19)30-23(16)26)25(33)32(17(2)24-27-9-5-10-28-24)15-20-14-31-11-4-3-6-22(31)29-20/h3-14,17H,15H2,1-2H3,(H2,26,30). The van der Waals surface area contributed by atoms with Gasteiger partial charge >= 0.3 is 0 Å². The molecule has 0 radical (unpaired) electrons. The van der Waals surface area contributed by atoms with Crippen LogP contribution in [0.5, 0.6) is 0 Å². The van der Waals surface area contributed by atoms with Gasteiger partial charge in [0.25, 0.3) is 5.91 Å². The van der Waals surface area contributed by atoms with E-state index in [9.17, 15) is 4.79 Å². The Kier molecular flexibility index (Phi) is 5.18. The van der Waals surface area contributed by atoms with E-state index in [0.717, 1.165) is 27.8 Å². The lowest BCUT2D eigenvalue weighted by atomic mass is 10.1. The minimum Gasteiger partial charge on any atom is -0.383 e. The fourth-order valence-electron chi connectivity index (χ4n) is 3.88. The van der Waals surface area contributed by atoms with E-state index in [4.69, 9.17) is 5.73 Å². The first kappa shape index (κ1) is 20.6. The topological polar surface area (TPSA) is 102 Å². The lowest BCUT2D eigenvalue weighted by Crippen LogP contribution is -2.34. The molecule has 164 valence electrons. The van der Waals surface area contributed by atoms with Gasteiger partial charge in [0, 0.05) is 35.7 Å². The number of carbonyl (C=O) groups excluding carboxylic acids is 1. The Hall–Kier alpha value is -4.33. The fourth-order valence-corrected chi connectivity index (χ4v) is 3.88. The molecule has 0 saturated heterocycles. The largest absolute Gasteiger partial charge is 0.383 e. The number of pyridine rings is 2.